The number of fused-ring (bicyclic) bond motifs is 1. The molecule has 0 saturated carbocycles. The maximum Gasteiger partial charge on any atom is 0.335 e. The van der Waals surface area contributed by atoms with E-state index in [1.54, 1.807) is 0 Å². The lowest BCUT2D eigenvalue weighted by atomic mass is 9.99. The molecule has 0 amide bonds. The molecular formula is C22H20O13. The minimum absolute atomic E-state index is 0.0200. The van der Waals surface area contributed by atoms with Crippen molar-refractivity contribution in [3.05, 3.63) is 40.6 Å². The maximum absolute atomic E-state index is 13.3. The molecule has 0 spiro atoms. The van der Waals surface area contributed by atoms with Gasteiger partial charge in [-0.2, -0.15) is 0 Å². The van der Waals surface area contributed by atoms with Gasteiger partial charge in [0.15, 0.2) is 23.4 Å². The molecule has 35 heavy (non-hydrogen) atoms. The van der Waals surface area contributed by atoms with E-state index in [4.69, 9.17) is 18.6 Å². The van der Waals surface area contributed by atoms with Gasteiger partial charge in [0.1, 0.15) is 40.8 Å². The molecule has 7 N–H and O–H groups in total. The normalized spacial score (nSPS) is 24.3. The number of hydrogen-bond acceptors (Lipinski definition) is 12. The lowest BCUT2D eigenvalue weighted by Crippen LogP contribution is -2.61. The average Bonchev–Trinajstić information content (AvgIpc) is 2.80. The number of phenolic OH excluding ortho intramolecular Hbond substituents is 3. The molecule has 2 heterocycles. The molecule has 1 saturated heterocycles. The minimum Gasteiger partial charge on any atom is -0.508 e. The van der Waals surface area contributed by atoms with Crippen LogP contribution in [0.4, 0.5) is 0 Å². The van der Waals surface area contributed by atoms with Gasteiger partial charge in [0.2, 0.25) is 17.5 Å². The second-order valence-corrected chi connectivity index (χ2v) is 7.67. The Bertz CT molecular complexity index is 1350. The van der Waals surface area contributed by atoms with Crippen LogP contribution >= 0.6 is 0 Å². The van der Waals surface area contributed by atoms with Gasteiger partial charge < -0.3 is 54.4 Å². The Balaban J connectivity index is 1.92. The van der Waals surface area contributed by atoms with E-state index in [1.807, 2.05) is 0 Å². The number of rotatable bonds is 5. The van der Waals surface area contributed by atoms with Gasteiger partial charge in [-0.05, 0) is 18.2 Å². The second kappa shape index (κ2) is 8.96. The van der Waals surface area contributed by atoms with E-state index in [9.17, 15) is 45.3 Å². The monoisotopic (exact) mass is 492 g/mol. The molecule has 3 aromatic rings. The molecule has 4 rings (SSSR count). The predicted octanol–water partition coefficient (Wildman–Crippen LogP) is -0.144. The Labute approximate surface area is 195 Å². The van der Waals surface area contributed by atoms with Crippen LogP contribution in [0.5, 0.6) is 28.7 Å². The summed E-state index contributed by atoms with van der Waals surface area (Å²) in [6.45, 7) is 0. The first-order valence-electron chi connectivity index (χ1n) is 10.0. The summed E-state index contributed by atoms with van der Waals surface area (Å²) in [6, 6.07) is 5.72. The topological polar surface area (TPSA) is 217 Å². The number of hydrogen-bond donors (Lipinski definition) is 7. The van der Waals surface area contributed by atoms with Crippen LogP contribution in [-0.4, -0.2) is 79.5 Å². The summed E-state index contributed by atoms with van der Waals surface area (Å²) in [7, 11) is 1.27. The molecule has 5 atom stereocenters. The van der Waals surface area contributed by atoms with Gasteiger partial charge in [-0.1, -0.05) is 0 Å². The first-order chi connectivity index (χ1) is 16.5. The number of aliphatic carboxylic acids is 1. The first kappa shape index (κ1) is 24.1. The van der Waals surface area contributed by atoms with Crippen LogP contribution in [0.2, 0.25) is 0 Å². The summed E-state index contributed by atoms with van der Waals surface area (Å²) < 4.78 is 21.3. The molecule has 0 aliphatic carbocycles. The molecule has 1 aliphatic rings. The van der Waals surface area contributed by atoms with Crippen molar-refractivity contribution < 1.29 is 59.2 Å². The third-order valence-electron chi connectivity index (χ3n) is 5.41. The Hall–Kier alpha value is -4.04. The Morgan fingerprint density at radius 2 is 1.69 bits per heavy atom. The molecule has 1 aliphatic heterocycles. The van der Waals surface area contributed by atoms with Crippen molar-refractivity contribution in [2.75, 3.05) is 7.11 Å². The van der Waals surface area contributed by atoms with Crippen molar-refractivity contribution in [3.63, 3.8) is 0 Å². The number of benzene rings is 2. The third-order valence-corrected chi connectivity index (χ3v) is 5.41. The first-order valence-corrected chi connectivity index (χ1v) is 10.0. The minimum atomic E-state index is -2.01. The Morgan fingerprint density at radius 1 is 0.971 bits per heavy atom. The fraction of sp³-hybridized carbons (Fsp3) is 0.273. The third kappa shape index (κ3) is 4.17. The second-order valence-electron chi connectivity index (χ2n) is 7.67. The van der Waals surface area contributed by atoms with Gasteiger partial charge in [0.25, 0.3) is 0 Å². The van der Waals surface area contributed by atoms with Gasteiger partial charge in [-0.25, -0.2) is 4.79 Å². The molecule has 1 fully saturated rings. The lowest BCUT2D eigenvalue weighted by Gasteiger charge is -2.38. The highest BCUT2D eigenvalue weighted by atomic mass is 16.7. The molecule has 1 aromatic heterocycles. The van der Waals surface area contributed by atoms with E-state index in [1.165, 1.54) is 25.3 Å². The summed E-state index contributed by atoms with van der Waals surface area (Å²) >= 11 is 0. The summed E-state index contributed by atoms with van der Waals surface area (Å²) in [5, 5.41) is 69.1. The summed E-state index contributed by atoms with van der Waals surface area (Å²) in [4.78, 5) is 24.8. The molecule has 186 valence electrons. The summed E-state index contributed by atoms with van der Waals surface area (Å²) in [5.41, 5.74) is -1.17. The highest BCUT2D eigenvalue weighted by Gasteiger charge is 2.48. The highest BCUT2D eigenvalue weighted by Crippen LogP contribution is 2.39. The fourth-order valence-electron chi connectivity index (χ4n) is 3.65. The molecule has 13 heteroatoms. The van der Waals surface area contributed by atoms with Gasteiger partial charge in [-0.3, -0.25) is 4.79 Å². The molecule has 13 nitrogen and oxygen atoms in total. The zero-order chi connectivity index (χ0) is 25.6. The zero-order valence-corrected chi connectivity index (χ0v) is 17.9. The van der Waals surface area contributed by atoms with Gasteiger partial charge >= 0.3 is 5.97 Å². The molecule has 0 bridgehead atoms. The number of carboxylic acid groups (broad SMARTS) is 1. The zero-order valence-electron chi connectivity index (χ0n) is 17.9. The van der Waals surface area contributed by atoms with Crippen LogP contribution in [0.3, 0.4) is 0 Å². The van der Waals surface area contributed by atoms with Gasteiger partial charge in [0.05, 0.1) is 7.11 Å². The number of phenols is 3. The van der Waals surface area contributed by atoms with E-state index in [0.717, 1.165) is 12.1 Å². The van der Waals surface area contributed by atoms with Crippen LogP contribution in [0.25, 0.3) is 22.3 Å². The summed E-state index contributed by atoms with van der Waals surface area (Å²) in [6.07, 6.45) is -9.97. The van der Waals surface area contributed by atoms with Gasteiger partial charge in [-0.15, -0.1) is 0 Å². The SMILES string of the molecule is COc1cc(-c2oc3cc(O)cc(O)c3c(=O)c2O[C@@H]2O[C@H](C(=O)O)[C@@H](O)[C@H](O)[C@H]2O)ccc1O. The lowest BCUT2D eigenvalue weighted by molar-refractivity contribution is -0.271. The van der Waals surface area contributed by atoms with Crippen molar-refractivity contribution >= 4 is 16.9 Å². The molecule has 2 aromatic carbocycles. The Kier molecular flexibility index (Phi) is 6.17. The number of aromatic hydroxyl groups is 3. The fourth-order valence-corrected chi connectivity index (χ4v) is 3.65. The number of carboxylic acids is 1. The highest BCUT2D eigenvalue weighted by molar-refractivity contribution is 5.88. The van der Waals surface area contributed by atoms with Crippen molar-refractivity contribution in [1.29, 1.82) is 0 Å². The van der Waals surface area contributed by atoms with E-state index in [0.29, 0.717) is 0 Å². The van der Waals surface area contributed by atoms with Crippen LogP contribution in [0.1, 0.15) is 0 Å². The van der Waals surface area contributed by atoms with Crippen LogP contribution in [0.15, 0.2) is 39.5 Å². The standard InChI is InChI=1S/C22H20O13/c1-32-11-4-7(2-3-9(11)24)18-19(14(26)13-10(25)5-8(23)6-12(13)33-18)34-22-17(29)15(27)16(28)20(35-22)21(30)31/h2-6,15-17,20,22-25,27-29H,1H3,(H,30,31)/t15-,16-,17+,20-,22+/m0/s1. The maximum atomic E-state index is 13.3. The largest absolute Gasteiger partial charge is 0.508 e. The van der Waals surface area contributed by atoms with E-state index in [2.05, 4.69) is 0 Å². The molecule has 0 radical (unpaired) electrons. The van der Waals surface area contributed by atoms with Crippen LogP contribution in [-0.2, 0) is 9.53 Å². The molecular weight excluding hydrogens is 472 g/mol. The number of methoxy groups -OCH3 is 1. The number of ether oxygens (including phenoxy) is 3. The number of aliphatic hydroxyl groups is 3. The van der Waals surface area contributed by atoms with Crippen molar-refractivity contribution in [3.8, 4) is 40.1 Å². The Morgan fingerprint density at radius 3 is 2.34 bits per heavy atom. The predicted molar refractivity (Wildman–Crippen MR) is 114 cm³/mol. The van der Waals surface area contributed by atoms with Crippen molar-refractivity contribution in [2.24, 2.45) is 0 Å². The number of aliphatic hydroxyl groups excluding tert-OH is 3. The van der Waals surface area contributed by atoms with E-state index in [-0.39, 0.29) is 28.4 Å². The quantitative estimate of drug-likeness (QED) is 0.247. The summed E-state index contributed by atoms with van der Waals surface area (Å²) in [5.74, 6) is -4.04. The number of carbonyl (C=O) groups is 1. The van der Waals surface area contributed by atoms with Crippen molar-refractivity contribution in [1.82, 2.24) is 0 Å². The van der Waals surface area contributed by atoms with Crippen LogP contribution in [0, 0.1) is 0 Å². The van der Waals surface area contributed by atoms with Gasteiger partial charge in [0, 0.05) is 17.7 Å². The van der Waals surface area contributed by atoms with E-state index >= 15 is 0 Å². The molecule has 0 unspecified atom stereocenters. The van der Waals surface area contributed by atoms with Crippen LogP contribution < -0.4 is 14.9 Å². The van der Waals surface area contributed by atoms with Crippen molar-refractivity contribution in [2.45, 2.75) is 30.7 Å². The smallest absolute Gasteiger partial charge is 0.335 e. The average molecular weight is 492 g/mol. The van der Waals surface area contributed by atoms with E-state index < -0.39 is 64.7 Å².